The summed E-state index contributed by atoms with van der Waals surface area (Å²) >= 11 is 0. The molecule has 1 fully saturated rings. The highest BCUT2D eigenvalue weighted by Crippen LogP contribution is 2.36. The maximum absolute atomic E-state index is 11.5. The van der Waals surface area contributed by atoms with Gasteiger partial charge in [-0.15, -0.1) is 0 Å². The molecule has 21 heavy (non-hydrogen) atoms. The Morgan fingerprint density at radius 2 is 1.67 bits per heavy atom. The quantitative estimate of drug-likeness (QED) is 0.740. The molecule has 0 aliphatic carbocycles. The summed E-state index contributed by atoms with van der Waals surface area (Å²) < 4.78 is 12.2. The van der Waals surface area contributed by atoms with Gasteiger partial charge in [-0.1, -0.05) is 18.2 Å². The molecule has 0 N–H and O–H groups in total. The molecule has 1 amide bonds. The zero-order chi connectivity index (χ0) is 15.4. The van der Waals surface area contributed by atoms with Gasteiger partial charge in [-0.05, 0) is 44.3 Å². The van der Waals surface area contributed by atoms with Crippen LogP contribution in [0.3, 0.4) is 0 Å². The maximum atomic E-state index is 11.5. The van der Waals surface area contributed by atoms with Gasteiger partial charge in [0.25, 0.3) is 0 Å². The molecule has 2 aliphatic rings. The number of rotatable bonds is 1. The second-order valence-electron chi connectivity index (χ2n) is 6.99. The molecule has 3 rings (SSSR count). The van der Waals surface area contributed by atoms with Crippen molar-refractivity contribution in [1.29, 1.82) is 0 Å². The molecular weight excluding hydrogens is 265 g/mol. The Morgan fingerprint density at radius 3 is 2.24 bits per heavy atom. The van der Waals surface area contributed by atoms with Gasteiger partial charge >= 0.3 is 7.12 Å². The van der Waals surface area contributed by atoms with Crippen molar-refractivity contribution in [2.45, 2.75) is 58.9 Å². The Hall–Kier alpha value is -1.33. The van der Waals surface area contributed by atoms with E-state index in [0.29, 0.717) is 13.1 Å². The average molecular weight is 287 g/mol. The fourth-order valence-corrected chi connectivity index (χ4v) is 2.76. The van der Waals surface area contributed by atoms with Gasteiger partial charge in [0.15, 0.2) is 0 Å². The number of amides is 1. The molecule has 5 heteroatoms. The lowest BCUT2D eigenvalue weighted by molar-refractivity contribution is -0.129. The number of nitrogens with zero attached hydrogens (tertiary/aromatic N) is 1. The first kappa shape index (κ1) is 14.6. The fourth-order valence-electron chi connectivity index (χ4n) is 2.76. The van der Waals surface area contributed by atoms with Crippen LogP contribution in [-0.4, -0.2) is 29.1 Å². The molecule has 0 unspecified atom stereocenters. The highest BCUT2D eigenvalue weighted by atomic mass is 16.7. The lowest BCUT2D eigenvalue weighted by atomic mass is 9.78. The molecule has 0 bridgehead atoms. The highest BCUT2D eigenvalue weighted by Gasteiger charge is 2.51. The molecule has 0 radical (unpaired) electrons. The van der Waals surface area contributed by atoms with Crippen LogP contribution in [0.1, 0.15) is 45.7 Å². The molecule has 0 atom stereocenters. The lowest BCUT2D eigenvalue weighted by Crippen LogP contribution is -2.41. The Morgan fingerprint density at radius 1 is 1.10 bits per heavy atom. The van der Waals surface area contributed by atoms with Gasteiger partial charge in [0, 0.05) is 20.0 Å². The van der Waals surface area contributed by atoms with Crippen molar-refractivity contribution >= 4 is 18.5 Å². The fraction of sp³-hybridized carbons (Fsp3) is 0.562. The van der Waals surface area contributed by atoms with E-state index in [2.05, 4.69) is 39.8 Å². The molecular formula is C16H22BNO3. The van der Waals surface area contributed by atoms with Crippen LogP contribution in [0.2, 0.25) is 0 Å². The van der Waals surface area contributed by atoms with Crippen molar-refractivity contribution < 1.29 is 14.1 Å². The highest BCUT2D eigenvalue weighted by molar-refractivity contribution is 6.62. The van der Waals surface area contributed by atoms with E-state index in [1.807, 2.05) is 11.0 Å². The minimum atomic E-state index is -0.341. The number of benzene rings is 1. The molecule has 4 nitrogen and oxygen atoms in total. The van der Waals surface area contributed by atoms with Crippen molar-refractivity contribution in [3.8, 4) is 0 Å². The first-order valence-electron chi connectivity index (χ1n) is 7.42. The molecule has 2 aliphatic heterocycles. The van der Waals surface area contributed by atoms with Crippen LogP contribution < -0.4 is 5.46 Å². The van der Waals surface area contributed by atoms with Gasteiger partial charge in [0.05, 0.1) is 11.2 Å². The first-order valence-corrected chi connectivity index (χ1v) is 7.42. The summed E-state index contributed by atoms with van der Waals surface area (Å²) in [7, 11) is -0.341. The van der Waals surface area contributed by atoms with E-state index in [4.69, 9.17) is 9.31 Å². The van der Waals surface area contributed by atoms with Gasteiger partial charge in [-0.25, -0.2) is 0 Å². The molecule has 0 saturated carbocycles. The normalized spacial score (nSPS) is 22.5. The third-order valence-corrected chi connectivity index (χ3v) is 4.92. The molecule has 0 spiro atoms. The van der Waals surface area contributed by atoms with Gasteiger partial charge in [0.2, 0.25) is 5.91 Å². The summed E-state index contributed by atoms with van der Waals surface area (Å²) in [6, 6.07) is 6.24. The number of carbonyl (C=O) groups excluding carboxylic acids is 1. The third-order valence-electron chi connectivity index (χ3n) is 4.92. The minimum absolute atomic E-state index is 0.114. The largest absolute Gasteiger partial charge is 0.494 e. The van der Waals surface area contributed by atoms with Crippen LogP contribution in [0, 0.1) is 0 Å². The summed E-state index contributed by atoms with van der Waals surface area (Å²) in [5.74, 6) is 0.114. The number of hydrogen-bond donors (Lipinski definition) is 0. The number of hydrogen-bond acceptors (Lipinski definition) is 3. The Labute approximate surface area is 126 Å². The standard InChI is InChI=1S/C16H22BNO3/c1-11(19)18-9-12-6-7-14(8-13(12)10-18)17-20-15(2,3)16(4,5)21-17/h6-8H,9-10H2,1-5H3. The van der Waals surface area contributed by atoms with Crippen LogP contribution in [0.5, 0.6) is 0 Å². The zero-order valence-electron chi connectivity index (χ0n) is 13.4. The van der Waals surface area contributed by atoms with E-state index in [1.54, 1.807) is 6.92 Å². The van der Waals surface area contributed by atoms with Crippen molar-refractivity contribution in [3.63, 3.8) is 0 Å². The van der Waals surface area contributed by atoms with E-state index >= 15 is 0 Å². The van der Waals surface area contributed by atoms with Crippen molar-refractivity contribution in [2.24, 2.45) is 0 Å². The van der Waals surface area contributed by atoms with Gasteiger partial charge in [-0.3, -0.25) is 4.79 Å². The second kappa shape index (κ2) is 4.58. The van der Waals surface area contributed by atoms with Crippen molar-refractivity contribution in [2.75, 3.05) is 0 Å². The van der Waals surface area contributed by atoms with Crippen LogP contribution >= 0.6 is 0 Å². The Balaban J connectivity index is 1.84. The van der Waals surface area contributed by atoms with E-state index in [-0.39, 0.29) is 24.2 Å². The minimum Gasteiger partial charge on any atom is -0.399 e. The van der Waals surface area contributed by atoms with E-state index in [0.717, 1.165) is 5.46 Å². The summed E-state index contributed by atoms with van der Waals surface area (Å²) in [5, 5.41) is 0. The maximum Gasteiger partial charge on any atom is 0.494 e. The zero-order valence-corrected chi connectivity index (χ0v) is 13.4. The third kappa shape index (κ3) is 2.38. The van der Waals surface area contributed by atoms with Crippen LogP contribution in [-0.2, 0) is 27.2 Å². The summed E-state index contributed by atoms with van der Waals surface area (Å²) in [6.45, 7) is 11.2. The van der Waals surface area contributed by atoms with Gasteiger partial charge in [0.1, 0.15) is 0 Å². The Bertz CT molecular complexity index is 581. The molecule has 1 saturated heterocycles. The van der Waals surface area contributed by atoms with E-state index in [1.165, 1.54) is 11.1 Å². The summed E-state index contributed by atoms with van der Waals surface area (Å²) in [5.41, 5.74) is 2.77. The van der Waals surface area contributed by atoms with Crippen LogP contribution in [0.4, 0.5) is 0 Å². The monoisotopic (exact) mass is 287 g/mol. The predicted octanol–water partition coefficient (Wildman–Crippen LogP) is 1.85. The molecule has 112 valence electrons. The predicted molar refractivity (Wildman–Crippen MR) is 82.1 cm³/mol. The smallest absolute Gasteiger partial charge is 0.399 e. The van der Waals surface area contributed by atoms with Crippen molar-refractivity contribution in [3.05, 3.63) is 29.3 Å². The van der Waals surface area contributed by atoms with Crippen LogP contribution in [0.15, 0.2) is 18.2 Å². The number of fused-ring (bicyclic) bond motifs is 1. The summed E-state index contributed by atoms with van der Waals surface area (Å²) in [6.07, 6.45) is 0. The molecule has 0 aromatic heterocycles. The number of carbonyl (C=O) groups is 1. The van der Waals surface area contributed by atoms with Gasteiger partial charge < -0.3 is 14.2 Å². The molecule has 1 aromatic rings. The van der Waals surface area contributed by atoms with Gasteiger partial charge in [-0.2, -0.15) is 0 Å². The molecule has 1 aromatic carbocycles. The second-order valence-corrected chi connectivity index (χ2v) is 6.99. The van der Waals surface area contributed by atoms with Crippen molar-refractivity contribution in [1.82, 2.24) is 4.90 Å². The Kier molecular flexibility index (Phi) is 3.19. The average Bonchev–Trinajstić information content (AvgIpc) is 2.88. The molecule has 2 heterocycles. The first-order chi connectivity index (χ1) is 9.69. The topological polar surface area (TPSA) is 38.8 Å². The van der Waals surface area contributed by atoms with Crippen LogP contribution in [0.25, 0.3) is 0 Å². The summed E-state index contributed by atoms with van der Waals surface area (Å²) in [4.78, 5) is 13.3. The van der Waals surface area contributed by atoms with E-state index in [9.17, 15) is 4.79 Å². The SMILES string of the molecule is CC(=O)N1Cc2ccc(B3OC(C)(C)C(C)(C)O3)cc2C1. The van der Waals surface area contributed by atoms with E-state index < -0.39 is 0 Å². The lowest BCUT2D eigenvalue weighted by Gasteiger charge is -2.32.